The van der Waals surface area contributed by atoms with Crippen LogP contribution < -0.4 is 11.1 Å². The molecule has 0 radical (unpaired) electrons. The van der Waals surface area contributed by atoms with Crippen LogP contribution in [-0.2, 0) is 4.74 Å². The maximum absolute atomic E-state index is 11.8. The number of ether oxygens (including phenoxy) is 1. The summed E-state index contributed by atoms with van der Waals surface area (Å²) < 4.78 is 5.26. The van der Waals surface area contributed by atoms with Gasteiger partial charge in [-0.25, -0.2) is 4.79 Å². The topological polar surface area (TPSA) is 64.3 Å². The third kappa shape index (κ3) is 4.56. The molecule has 4 heteroatoms. The Kier molecular flexibility index (Phi) is 5.21. The van der Waals surface area contributed by atoms with Crippen LogP contribution in [0.15, 0.2) is 36.1 Å². The van der Waals surface area contributed by atoms with Gasteiger partial charge >= 0.3 is 6.09 Å². The number of carbonyl (C=O) groups is 1. The van der Waals surface area contributed by atoms with E-state index in [1.165, 1.54) is 0 Å². The van der Waals surface area contributed by atoms with Crippen LogP contribution in [0.2, 0.25) is 0 Å². The summed E-state index contributed by atoms with van der Waals surface area (Å²) in [6.45, 7) is 0. The van der Waals surface area contributed by atoms with Crippen molar-refractivity contribution >= 4 is 6.09 Å². The summed E-state index contributed by atoms with van der Waals surface area (Å²) >= 11 is 0. The van der Waals surface area contributed by atoms with Crippen LogP contribution >= 0.6 is 0 Å². The highest BCUT2D eigenvalue weighted by atomic mass is 16.6. The molecule has 19 heavy (non-hydrogen) atoms. The second-order valence-corrected chi connectivity index (χ2v) is 5.02. The van der Waals surface area contributed by atoms with Gasteiger partial charge in [-0.15, -0.1) is 0 Å². The van der Waals surface area contributed by atoms with Crippen LogP contribution in [0.1, 0.15) is 38.5 Å². The maximum atomic E-state index is 11.8. The number of nitrogens with one attached hydrogen (secondary N) is 1. The Hall–Kier alpha value is -1.55. The fourth-order valence-corrected chi connectivity index (χ4v) is 2.33. The number of alkyl carbamates (subject to hydrolysis) is 1. The van der Waals surface area contributed by atoms with Gasteiger partial charge in [0.2, 0.25) is 0 Å². The van der Waals surface area contributed by atoms with Gasteiger partial charge in [0, 0.05) is 6.04 Å². The quantitative estimate of drug-likeness (QED) is 0.752. The predicted octanol–water partition coefficient (Wildman–Crippen LogP) is 2.77. The predicted molar refractivity (Wildman–Crippen MR) is 75.4 cm³/mol. The van der Waals surface area contributed by atoms with Gasteiger partial charge in [-0.2, -0.15) is 0 Å². The van der Waals surface area contributed by atoms with Gasteiger partial charge in [0.05, 0.1) is 6.04 Å². The molecule has 0 aliphatic heterocycles. The Morgan fingerprint density at radius 2 is 2.16 bits per heavy atom. The van der Waals surface area contributed by atoms with Crippen molar-refractivity contribution in [3.8, 4) is 0 Å². The van der Waals surface area contributed by atoms with Crippen LogP contribution in [0.4, 0.5) is 4.79 Å². The Bertz CT molecular complexity index is 399. The van der Waals surface area contributed by atoms with E-state index in [1.54, 1.807) is 0 Å². The molecule has 0 heterocycles. The molecule has 0 fully saturated rings. The Balaban J connectivity index is 1.86. The van der Waals surface area contributed by atoms with Crippen molar-refractivity contribution < 1.29 is 9.53 Å². The first-order valence-electron chi connectivity index (χ1n) is 7.03. The summed E-state index contributed by atoms with van der Waals surface area (Å²) in [5.41, 5.74) is 6.04. The Morgan fingerprint density at radius 1 is 1.26 bits per heavy atom. The molecule has 0 bridgehead atoms. The number of rotatable bonds is 2. The molecule has 0 spiro atoms. The summed E-state index contributed by atoms with van der Waals surface area (Å²) in [7, 11) is 0. The van der Waals surface area contributed by atoms with Crippen molar-refractivity contribution in [1.29, 1.82) is 0 Å². The number of carbonyl (C=O) groups excluding carboxylic acids is 1. The SMILES string of the molecule is NC1C=CCCCCC1NC(=O)OC1=CCCC=C1. The lowest BCUT2D eigenvalue weighted by molar-refractivity contribution is 0.172. The molecule has 0 aromatic rings. The zero-order valence-electron chi connectivity index (χ0n) is 11.2. The zero-order chi connectivity index (χ0) is 13.5. The Morgan fingerprint density at radius 3 is 2.95 bits per heavy atom. The van der Waals surface area contributed by atoms with E-state index in [9.17, 15) is 4.79 Å². The lowest BCUT2D eigenvalue weighted by atomic mass is 9.98. The minimum absolute atomic E-state index is 0.0442. The number of amides is 1. The van der Waals surface area contributed by atoms with E-state index in [1.807, 2.05) is 24.3 Å². The average molecular weight is 262 g/mol. The van der Waals surface area contributed by atoms with E-state index in [-0.39, 0.29) is 12.1 Å². The smallest absolute Gasteiger partial charge is 0.411 e. The van der Waals surface area contributed by atoms with Crippen LogP contribution in [0.5, 0.6) is 0 Å². The van der Waals surface area contributed by atoms with Crippen molar-refractivity contribution in [3.63, 3.8) is 0 Å². The minimum atomic E-state index is -0.410. The van der Waals surface area contributed by atoms with Crippen molar-refractivity contribution in [1.82, 2.24) is 5.32 Å². The number of hydrogen-bond acceptors (Lipinski definition) is 3. The van der Waals surface area contributed by atoms with E-state index in [4.69, 9.17) is 10.5 Å². The highest BCUT2D eigenvalue weighted by molar-refractivity contribution is 5.69. The Labute approximate surface area is 114 Å². The average Bonchev–Trinajstić information content (AvgIpc) is 2.40. The summed E-state index contributed by atoms with van der Waals surface area (Å²) in [5, 5.41) is 2.87. The highest BCUT2D eigenvalue weighted by Gasteiger charge is 2.20. The molecule has 0 aromatic heterocycles. The molecule has 0 saturated heterocycles. The molecule has 1 amide bonds. The fraction of sp³-hybridized carbons (Fsp3) is 0.533. The lowest BCUT2D eigenvalue weighted by Gasteiger charge is -2.24. The molecule has 2 atom stereocenters. The molecule has 2 rings (SSSR count). The van der Waals surface area contributed by atoms with Gasteiger partial charge < -0.3 is 15.8 Å². The van der Waals surface area contributed by atoms with E-state index in [0.717, 1.165) is 38.5 Å². The standard InChI is InChI=1S/C15H22N2O2/c16-13-10-6-1-2-7-11-14(13)17-15(18)19-12-8-4-3-5-9-12/h4,6,8-10,13-14H,1-3,5,7,11,16H2,(H,17,18). The highest BCUT2D eigenvalue weighted by Crippen LogP contribution is 2.14. The number of allylic oxidation sites excluding steroid dienone is 4. The largest absolute Gasteiger partial charge is 0.412 e. The second-order valence-electron chi connectivity index (χ2n) is 5.02. The molecule has 4 nitrogen and oxygen atoms in total. The van der Waals surface area contributed by atoms with Crippen molar-refractivity contribution in [2.45, 2.75) is 50.6 Å². The molecule has 2 aliphatic carbocycles. The van der Waals surface area contributed by atoms with Gasteiger partial charge in [0.25, 0.3) is 0 Å². The minimum Gasteiger partial charge on any atom is -0.411 e. The molecule has 2 unspecified atom stereocenters. The van der Waals surface area contributed by atoms with Gasteiger partial charge in [0.1, 0.15) is 5.76 Å². The summed E-state index contributed by atoms with van der Waals surface area (Å²) in [4.78, 5) is 11.8. The summed E-state index contributed by atoms with van der Waals surface area (Å²) in [5.74, 6) is 0.624. The monoisotopic (exact) mass is 262 g/mol. The molecule has 0 aromatic carbocycles. The molecule has 104 valence electrons. The number of hydrogen-bond donors (Lipinski definition) is 2. The third-order valence-corrected chi connectivity index (χ3v) is 3.43. The zero-order valence-corrected chi connectivity index (χ0v) is 11.2. The number of nitrogens with two attached hydrogens (primary N) is 1. The lowest BCUT2D eigenvalue weighted by Crippen LogP contribution is -2.47. The summed E-state index contributed by atoms with van der Waals surface area (Å²) in [6.07, 6.45) is 15.5. The van der Waals surface area contributed by atoms with Gasteiger partial charge in [-0.3, -0.25) is 0 Å². The fourth-order valence-electron chi connectivity index (χ4n) is 2.33. The molecular formula is C15H22N2O2. The molecule has 0 saturated carbocycles. The molecule has 3 N–H and O–H groups in total. The van der Waals surface area contributed by atoms with E-state index >= 15 is 0 Å². The van der Waals surface area contributed by atoms with Crippen molar-refractivity contribution in [2.24, 2.45) is 5.73 Å². The first-order chi connectivity index (χ1) is 9.25. The van der Waals surface area contributed by atoms with Crippen molar-refractivity contribution in [2.75, 3.05) is 0 Å². The first-order valence-corrected chi connectivity index (χ1v) is 7.03. The van der Waals surface area contributed by atoms with Crippen molar-refractivity contribution in [3.05, 3.63) is 36.1 Å². The van der Waals surface area contributed by atoms with E-state index in [2.05, 4.69) is 11.4 Å². The van der Waals surface area contributed by atoms with Gasteiger partial charge in [-0.05, 0) is 44.3 Å². The van der Waals surface area contributed by atoms with Crippen LogP contribution in [-0.4, -0.2) is 18.2 Å². The maximum Gasteiger partial charge on any atom is 0.412 e. The molecule has 2 aliphatic rings. The normalized spacial score (nSPS) is 27.1. The van der Waals surface area contributed by atoms with E-state index in [0.29, 0.717) is 5.76 Å². The van der Waals surface area contributed by atoms with Gasteiger partial charge in [0.15, 0.2) is 0 Å². The van der Waals surface area contributed by atoms with Crippen LogP contribution in [0.25, 0.3) is 0 Å². The van der Waals surface area contributed by atoms with Crippen LogP contribution in [0.3, 0.4) is 0 Å². The van der Waals surface area contributed by atoms with E-state index < -0.39 is 6.09 Å². The van der Waals surface area contributed by atoms with Crippen LogP contribution in [0, 0.1) is 0 Å². The third-order valence-electron chi connectivity index (χ3n) is 3.43. The molecular weight excluding hydrogens is 240 g/mol. The summed E-state index contributed by atoms with van der Waals surface area (Å²) in [6, 6.07) is -0.180. The first kappa shape index (κ1) is 13.9. The second kappa shape index (κ2) is 7.14. The van der Waals surface area contributed by atoms with Gasteiger partial charge in [-0.1, -0.05) is 24.6 Å².